The molecule has 0 radical (unpaired) electrons. The average molecular weight is 157 g/mol. The van der Waals surface area contributed by atoms with E-state index in [1.165, 1.54) is 13.0 Å². The first-order valence-corrected chi connectivity index (χ1v) is 4.66. The normalized spacial score (nSPS) is 13.1. The molecule has 0 aliphatic heterocycles. The predicted octanol–water partition coefficient (Wildman–Crippen LogP) is 2.91. The molecule has 0 saturated heterocycles. The Balaban J connectivity index is 4.10. The van der Waals surface area contributed by atoms with E-state index >= 15 is 0 Å². The highest BCUT2D eigenvalue weighted by molar-refractivity contribution is 4.78. The van der Waals surface area contributed by atoms with Crippen molar-refractivity contribution in [2.24, 2.45) is 0 Å². The molecule has 0 spiro atoms. The zero-order valence-electron chi connectivity index (χ0n) is 8.94. The highest BCUT2D eigenvalue weighted by Crippen LogP contribution is 2.16. The van der Waals surface area contributed by atoms with E-state index in [1.807, 2.05) is 0 Å². The third kappa shape index (κ3) is 3.76. The van der Waals surface area contributed by atoms with Gasteiger partial charge in [-0.25, -0.2) is 0 Å². The number of hydrogen-bond donors (Lipinski definition) is 0. The molecule has 0 atom stereocenters. The van der Waals surface area contributed by atoms with Crippen LogP contribution in [0.5, 0.6) is 0 Å². The van der Waals surface area contributed by atoms with Gasteiger partial charge in [-0.05, 0) is 47.6 Å². The minimum Gasteiger partial charge on any atom is -0.296 e. The van der Waals surface area contributed by atoms with Crippen molar-refractivity contribution in [1.82, 2.24) is 4.90 Å². The quantitative estimate of drug-likeness (QED) is 0.609. The molecule has 0 aliphatic carbocycles. The van der Waals surface area contributed by atoms with Crippen molar-refractivity contribution in [1.29, 1.82) is 0 Å². The third-order valence-electron chi connectivity index (χ3n) is 1.95. The molecule has 0 saturated carbocycles. The van der Waals surface area contributed by atoms with Gasteiger partial charge in [0.2, 0.25) is 0 Å². The second-order valence-corrected chi connectivity index (χ2v) is 4.46. The lowest BCUT2D eigenvalue weighted by Crippen LogP contribution is -2.46. The summed E-state index contributed by atoms with van der Waals surface area (Å²) >= 11 is 0. The summed E-state index contributed by atoms with van der Waals surface area (Å²) in [7, 11) is 0. The maximum Gasteiger partial charge on any atom is 0.0127 e. The lowest BCUT2D eigenvalue weighted by atomic mass is 10.0. The second-order valence-electron chi connectivity index (χ2n) is 4.46. The van der Waals surface area contributed by atoms with Crippen molar-refractivity contribution >= 4 is 0 Å². The van der Waals surface area contributed by atoms with Gasteiger partial charge in [0, 0.05) is 11.6 Å². The van der Waals surface area contributed by atoms with Gasteiger partial charge in [-0.1, -0.05) is 6.92 Å². The van der Waals surface area contributed by atoms with E-state index in [9.17, 15) is 0 Å². The van der Waals surface area contributed by atoms with Crippen molar-refractivity contribution in [2.45, 2.75) is 59.5 Å². The summed E-state index contributed by atoms with van der Waals surface area (Å²) in [6.07, 6.45) is 1.25. The van der Waals surface area contributed by atoms with E-state index in [2.05, 4.69) is 46.4 Å². The van der Waals surface area contributed by atoms with E-state index in [0.717, 1.165) is 0 Å². The van der Waals surface area contributed by atoms with Crippen molar-refractivity contribution in [2.75, 3.05) is 6.54 Å². The summed E-state index contributed by atoms with van der Waals surface area (Å²) in [5.74, 6) is 0. The summed E-state index contributed by atoms with van der Waals surface area (Å²) in [5, 5.41) is 0. The summed E-state index contributed by atoms with van der Waals surface area (Å²) < 4.78 is 0. The molecule has 0 rings (SSSR count). The molecule has 1 nitrogen and oxygen atoms in total. The van der Waals surface area contributed by atoms with Gasteiger partial charge in [0.1, 0.15) is 0 Å². The van der Waals surface area contributed by atoms with Crippen LogP contribution in [-0.4, -0.2) is 23.0 Å². The number of nitrogens with zero attached hydrogens (tertiary/aromatic N) is 1. The Bertz CT molecular complexity index is 99.9. The van der Waals surface area contributed by atoms with Crippen molar-refractivity contribution in [3.63, 3.8) is 0 Å². The van der Waals surface area contributed by atoms with E-state index < -0.39 is 0 Å². The van der Waals surface area contributed by atoms with E-state index in [4.69, 9.17) is 0 Å². The van der Waals surface area contributed by atoms with Gasteiger partial charge in [0.05, 0.1) is 0 Å². The monoisotopic (exact) mass is 157 g/mol. The number of hydrogen-bond acceptors (Lipinski definition) is 1. The van der Waals surface area contributed by atoms with Crippen LogP contribution in [0, 0.1) is 0 Å². The topological polar surface area (TPSA) is 3.24 Å². The predicted molar refractivity (Wildman–Crippen MR) is 51.9 cm³/mol. The van der Waals surface area contributed by atoms with Gasteiger partial charge < -0.3 is 0 Å². The highest BCUT2D eigenvalue weighted by atomic mass is 15.2. The van der Waals surface area contributed by atoms with Crippen LogP contribution in [0.25, 0.3) is 0 Å². The molecule has 0 heterocycles. The average Bonchev–Trinajstić information content (AvgIpc) is 1.79. The number of rotatable bonds is 3. The van der Waals surface area contributed by atoms with Crippen LogP contribution in [0.3, 0.4) is 0 Å². The molecule has 0 aromatic heterocycles. The van der Waals surface area contributed by atoms with Crippen LogP contribution in [0.1, 0.15) is 48.0 Å². The molecule has 11 heavy (non-hydrogen) atoms. The minimum absolute atomic E-state index is 0.324. The van der Waals surface area contributed by atoms with Crippen LogP contribution < -0.4 is 0 Å². The SMILES string of the molecule is CCCN(C(C)C)C(C)(C)C. The molecule has 68 valence electrons. The van der Waals surface area contributed by atoms with Gasteiger partial charge in [-0.2, -0.15) is 0 Å². The Kier molecular flexibility index (Phi) is 4.09. The summed E-state index contributed by atoms with van der Waals surface area (Å²) in [6.45, 7) is 14.8. The summed E-state index contributed by atoms with van der Waals surface area (Å²) in [5.41, 5.74) is 0.324. The Labute approximate surface area is 71.8 Å². The minimum atomic E-state index is 0.324. The lowest BCUT2D eigenvalue weighted by molar-refractivity contribution is 0.0993. The summed E-state index contributed by atoms with van der Waals surface area (Å²) in [6, 6.07) is 0.662. The molecule has 0 amide bonds. The van der Waals surface area contributed by atoms with Gasteiger partial charge >= 0.3 is 0 Å². The van der Waals surface area contributed by atoms with E-state index in [0.29, 0.717) is 11.6 Å². The molecule has 0 aromatic rings. The third-order valence-corrected chi connectivity index (χ3v) is 1.95. The zero-order valence-corrected chi connectivity index (χ0v) is 8.94. The fraction of sp³-hybridized carbons (Fsp3) is 1.00. The van der Waals surface area contributed by atoms with Crippen LogP contribution in [0.4, 0.5) is 0 Å². The van der Waals surface area contributed by atoms with Crippen molar-refractivity contribution < 1.29 is 0 Å². The Morgan fingerprint density at radius 3 is 1.73 bits per heavy atom. The van der Waals surface area contributed by atoms with Crippen molar-refractivity contribution in [3.05, 3.63) is 0 Å². The molecular formula is C10H23N. The Morgan fingerprint density at radius 2 is 1.64 bits per heavy atom. The molecule has 0 unspecified atom stereocenters. The first-order valence-electron chi connectivity index (χ1n) is 4.66. The summed E-state index contributed by atoms with van der Waals surface area (Å²) in [4.78, 5) is 2.53. The molecule has 1 heteroatoms. The van der Waals surface area contributed by atoms with Gasteiger partial charge in [-0.15, -0.1) is 0 Å². The molecular weight excluding hydrogens is 134 g/mol. The van der Waals surface area contributed by atoms with Gasteiger partial charge in [-0.3, -0.25) is 4.90 Å². The first kappa shape index (κ1) is 11.0. The maximum atomic E-state index is 2.53. The molecule has 0 aliphatic rings. The lowest BCUT2D eigenvalue weighted by Gasteiger charge is -2.38. The van der Waals surface area contributed by atoms with E-state index in [1.54, 1.807) is 0 Å². The largest absolute Gasteiger partial charge is 0.296 e. The molecule has 0 N–H and O–H groups in total. The van der Waals surface area contributed by atoms with Crippen LogP contribution in [-0.2, 0) is 0 Å². The molecule has 0 fully saturated rings. The Hall–Kier alpha value is -0.0400. The standard InChI is InChI=1S/C10H23N/c1-7-8-11(9(2)3)10(4,5)6/h9H,7-8H2,1-6H3. The van der Waals surface area contributed by atoms with E-state index in [-0.39, 0.29) is 0 Å². The van der Waals surface area contributed by atoms with Crippen LogP contribution in [0.15, 0.2) is 0 Å². The zero-order chi connectivity index (χ0) is 9.07. The van der Waals surface area contributed by atoms with Crippen molar-refractivity contribution in [3.8, 4) is 0 Å². The van der Waals surface area contributed by atoms with Gasteiger partial charge in [0.25, 0.3) is 0 Å². The first-order chi connectivity index (χ1) is 4.89. The smallest absolute Gasteiger partial charge is 0.0127 e. The Morgan fingerprint density at radius 1 is 1.18 bits per heavy atom. The fourth-order valence-corrected chi connectivity index (χ4v) is 1.61. The molecule has 0 bridgehead atoms. The van der Waals surface area contributed by atoms with Gasteiger partial charge in [0.15, 0.2) is 0 Å². The maximum absolute atomic E-state index is 2.53. The second kappa shape index (κ2) is 4.10. The van der Waals surface area contributed by atoms with Crippen LogP contribution in [0.2, 0.25) is 0 Å². The van der Waals surface area contributed by atoms with Crippen LogP contribution >= 0.6 is 0 Å². The fourth-order valence-electron chi connectivity index (χ4n) is 1.61. The highest BCUT2D eigenvalue weighted by Gasteiger charge is 2.22. The molecule has 0 aromatic carbocycles.